The van der Waals surface area contributed by atoms with Gasteiger partial charge in [-0.1, -0.05) is 53.4 Å². The van der Waals surface area contributed by atoms with Crippen LogP contribution in [-0.4, -0.2) is 61.6 Å². The summed E-state index contributed by atoms with van der Waals surface area (Å²) in [5.74, 6) is -0.363. The van der Waals surface area contributed by atoms with Gasteiger partial charge in [0, 0.05) is 24.3 Å². The highest BCUT2D eigenvalue weighted by atomic mass is 32.2. The first kappa shape index (κ1) is 31.8. The van der Waals surface area contributed by atoms with Crippen molar-refractivity contribution in [2.75, 3.05) is 23.1 Å². The molecule has 5 rings (SSSR count). The SMILES string of the molecule is CS(=O)(=O)c1cccc(CC(=O)Nc2nnc([C@H]3CCC[C@H](c4nnc(NC(=O)Cc5cccc(S(C)(=O)=O)c5)s4)C3)s2)c1. The molecule has 4 aromatic rings. The lowest BCUT2D eigenvalue weighted by Gasteiger charge is -2.25. The Balaban J connectivity index is 1.16. The molecule has 2 N–H and O–H groups in total. The highest BCUT2D eigenvalue weighted by molar-refractivity contribution is 7.91. The van der Waals surface area contributed by atoms with Crippen molar-refractivity contribution in [2.45, 2.75) is 60.2 Å². The van der Waals surface area contributed by atoms with E-state index in [4.69, 9.17) is 0 Å². The minimum atomic E-state index is -3.37. The van der Waals surface area contributed by atoms with Crippen molar-refractivity contribution < 1.29 is 26.4 Å². The summed E-state index contributed by atoms with van der Waals surface area (Å²) in [6, 6.07) is 12.6. The Labute approximate surface area is 263 Å². The number of carbonyl (C=O) groups excluding carboxylic acids is 2. The van der Waals surface area contributed by atoms with E-state index < -0.39 is 19.7 Å². The first-order valence-electron chi connectivity index (χ1n) is 13.7. The second-order valence-corrected chi connectivity index (χ2v) is 16.8. The molecular weight excluding hydrogens is 645 g/mol. The summed E-state index contributed by atoms with van der Waals surface area (Å²) in [5, 5.41) is 24.9. The highest BCUT2D eigenvalue weighted by Crippen LogP contribution is 2.43. The third-order valence-corrected chi connectivity index (χ3v) is 11.4. The van der Waals surface area contributed by atoms with Crippen LogP contribution in [0.2, 0.25) is 0 Å². The summed E-state index contributed by atoms with van der Waals surface area (Å²) < 4.78 is 47.2. The molecule has 2 amide bonds. The van der Waals surface area contributed by atoms with Crippen LogP contribution in [0, 0.1) is 0 Å². The van der Waals surface area contributed by atoms with E-state index in [0.29, 0.717) is 21.4 Å². The molecule has 0 aliphatic heterocycles. The zero-order valence-electron chi connectivity index (χ0n) is 23.9. The number of nitrogens with zero attached hydrogens (tertiary/aromatic N) is 4. The summed E-state index contributed by atoms with van der Waals surface area (Å²) >= 11 is 2.65. The van der Waals surface area contributed by atoms with Crippen LogP contribution in [-0.2, 0) is 42.1 Å². The van der Waals surface area contributed by atoms with Crippen molar-refractivity contribution in [2.24, 2.45) is 0 Å². The van der Waals surface area contributed by atoms with Crippen LogP contribution in [0.25, 0.3) is 0 Å². The van der Waals surface area contributed by atoms with Gasteiger partial charge in [0.05, 0.1) is 22.6 Å². The van der Waals surface area contributed by atoms with Gasteiger partial charge in [-0.15, -0.1) is 20.4 Å². The standard InChI is InChI=1S/C28H30N6O6S4/c1-43(37,38)21-10-3-6-17(12-21)14-23(35)29-27-33-31-25(41-27)19-8-5-9-20(16-19)26-32-34-28(42-26)30-24(36)15-18-7-4-11-22(13-18)44(2,39)40/h3-4,6-7,10-13,19-20H,5,8-9,14-16H2,1-2H3,(H,29,33,35)(H,30,34,36)/t19-,20-/m0/s1. The van der Waals surface area contributed by atoms with Crippen molar-refractivity contribution in [3.8, 4) is 0 Å². The molecule has 2 aromatic carbocycles. The molecule has 0 radical (unpaired) electrons. The molecule has 0 saturated heterocycles. The molecule has 1 aliphatic carbocycles. The first-order valence-corrected chi connectivity index (χ1v) is 19.1. The van der Waals surface area contributed by atoms with E-state index in [9.17, 15) is 26.4 Å². The number of hydrogen-bond donors (Lipinski definition) is 2. The summed E-state index contributed by atoms with van der Waals surface area (Å²) in [4.78, 5) is 25.5. The third kappa shape index (κ3) is 8.31. The molecule has 16 heteroatoms. The molecule has 0 bridgehead atoms. The number of aromatic nitrogens is 4. The Hall–Kier alpha value is -3.60. The van der Waals surface area contributed by atoms with Gasteiger partial charge in [-0.2, -0.15) is 0 Å². The number of rotatable bonds is 10. The number of benzene rings is 2. The highest BCUT2D eigenvalue weighted by Gasteiger charge is 2.29. The van der Waals surface area contributed by atoms with E-state index in [2.05, 4.69) is 31.0 Å². The number of anilines is 2. The zero-order valence-corrected chi connectivity index (χ0v) is 27.2. The number of sulfone groups is 2. The molecule has 12 nitrogen and oxygen atoms in total. The normalized spacial score (nSPS) is 17.2. The van der Waals surface area contributed by atoms with Gasteiger partial charge in [0.25, 0.3) is 0 Å². The zero-order chi connectivity index (χ0) is 31.5. The Morgan fingerprint density at radius 3 is 1.57 bits per heavy atom. The van der Waals surface area contributed by atoms with E-state index in [1.165, 1.54) is 46.9 Å². The lowest BCUT2D eigenvalue weighted by Crippen LogP contribution is -2.14. The molecular formula is C28H30N6O6S4. The van der Waals surface area contributed by atoms with Gasteiger partial charge in [0.2, 0.25) is 22.1 Å². The predicted molar refractivity (Wildman–Crippen MR) is 168 cm³/mol. The van der Waals surface area contributed by atoms with Crippen LogP contribution in [0.3, 0.4) is 0 Å². The summed E-state index contributed by atoms with van der Waals surface area (Å²) in [5.41, 5.74) is 1.16. The van der Waals surface area contributed by atoms with Gasteiger partial charge >= 0.3 is 0 Å². The molecule has 1 fully saturated rings. The van der Waals surface area contributed by atoms with Gasteiger partial charge in [-0.05, 0) is 54.7 Å². The Morgan fingerprint density at radius 2 is 1.16 bits per heavy atom. The van der Waals surface area contributed by atoms with Gasteiger partial charge in [0.1, 0.15) is 10.0 Å². The Morgan fingerprint density at radius 1 is 0.727 bits per heavy atom. The predicted octanol–water partition coefficient (Wildman–Crippen LogP) is 4.00. The molecule has 44 heavy (non-hydrogen) atoms. The van der Waals surface area contributed by atoms with E-state index in [-0.39, 0.29) is 46.3 Å². The maximum Gasteiger partial charge on any atom is 0.230 e. The van der Waals surface area contributed by atoms with Crippen molar-refractivity contribution in [3.63, 3.8) is 0 Å². The van der Waals surface area contributed by atoms with E-state index in [1.54, 1.807) is 24.3 Å². The summed E-state index contributed by atoms with van der Waals surface area (Å²) in [7, 11) is -6.74. The minimum Gasteiger partial charge on any atom is -0.300 e. The van der Waals surface area contributed by atoms with E-state index in [1.807, 2.05) is 0 Å². The number of amides is 2. The number of carbonyl (C=O) groups is 2. The molecule has 0 unspecified atom stereocenters. The van der Waals surface area contributed by atoms with Gasteiger partial charge in [-0.25, -0.2) is 16.8 Å². The van der Waals surface area contributed by atoms with Crippen molar-refractivity contribution in [1.82, 2.24) is 20.4 Å². The van der Waals surface area contributed by atoms with Gasteiger partial charge in [0.15, 0.2) is 19.7 Å². The van der Waals surface area contributed by atoms with Crippen LogP contribution in [0.15, 0.2) is 58.3 Å². The van der Waals surface area contributed by atoms with Crippen LogP contribution in [0.1, 0.15) is 58.7 Å². The minimum absolute atomic E-state index is 0.00668. The summed E-state index contributed by atoms with van der Waals surface area (Å²) in [6.07, 6.45) is 5.84. The average molecular weight is 675 g/mol. The van der Waals surface area contributed by atoms with Crippen molar-refractivity contribution in [1.29, 1.82) is 0 Å². The number of hydrogen-bond acceptors (Lipinski definition) is 12. The monoisotopic (exact) mass is 674 g/mol. The molecule has 232 valence electrons. The molecule has 2 atom stereocenters. The van der Waals surface area contributed by atoms with E-state index >= 15 is 0 Å². The lowest BCUT2D eigenvalue weighted by molar-refractivity contribution is -0.116. The molecule has 1 saturated carbocycles. The maximum absolute atomic E-state index is 12.6. The fraction of sp³-hybridized carbons (Fsp3) is 0.357. The van der Waals surface area contributed by atoms with Gasteiger partial charge < -0.3 is 10.6 Å². The largest absolute Gasteiger partial charge is 0.300 e. The van der Waals surface area contributed by atoms with Crippen LogP contribution in [0.4, 0.5) is 10.3 Å². The third-order valence-electron chi connectivity index (χ3n) is 7.13. The topological polar surface area (TPSA) is 178 Å². The Bertz CT molecular complexity index is 1770. The smallest absolute Gasteiger partial charge is 0.230 e. The molecule has 1 aliphatic rings. The van der Waals surface area contributed by atoms with Crippen LogP contribution >= 0.6 is 22.7 Å². The lowest BCUT2D eigenvalue weighted by atomic mass is 9.82. The maximum atomic E-state index is 12.6. The van der Waals surface area contributed by atoms with Crippen LogP contribution < -0.4 is 10.6 Å². The average Bonchev–Trinajstić information content (AvgIpc) is 3.62. The van der Waals surface area contributed by atoms with Crippen molar-refractivity contribution >= 4 is 64.4 Å². The van der Waals surface area contributed by atoms with Crippen LogP contribution in [0.5, 0.6) is 0 Å². The van der Waals surface area contributed by atoms with E-state index in [0.717, 1.165) is 48.2 Å². The fourth-order valence-electron chi connectivity index (χ4n) is 5.01. The molecule has 2 aromatic heterocycles. The first-order chi connectivity index (χ1) is 20.8. The molecule has 2 heterocycles. The van der Waals surface area contributed by atoms with Gasteiger partial charge in [-0.3, -0.25) is 9.59 Å². The quantitative estimate of drug-likeness (QED) is 0.250. The Kier molecular flexibility index (Phi) is 9.53. The second-order valence-electron chi connectivity index (χ2n) is 10.7. The fourth-order valence-corrected chi connectivity index (χ4v) is 8.20. The number of nitrogens with one attached hydrogen (secondary N) is 2. The molecule has 0 spiro atoms. The van der Waals surface area contributed by atoms with Crippen molar-refractivity contribution in [3.05, 3.63) is 69.7 Å². The second kappa shape index (κ2) is 13.2. The summed E-state index contributed by atoms with van der Waals surface area (Å²) in [6.45, 7) is 0.